The summed E-state index contributed by atoms with van der Waals surface area (Å²) in [5, 5.41) is 14.8. The minimum atomic E-state index is -0.990. The molecule has 0 aromatic carbocycles. The van der Waals surface area contributed by atoms with Gasteiger partial charge in [-0.05, 0) is 68.6 Å². The summed E-state index contributed by atoms with van der Waals surface area (Å²) in [5.41, 5.74) is -0.632. The number of nitrogens with zero attached hydrogens (tertiary/aromatic N) is 1. The Morgan fingerprint density at radius 3 is 2.31 bits per heavy atom. The third kappa shape index (κ3) is 12.6. The van der Waals surface area contributed by atoms with Gasteiger partial charge in [0.2, 0.25) is 17.6 Å². The summed E-state index contributed by atoms with van der Waals surface area (Å²) < 4.78 is 0. The lowest BCUT2D eigenvalue weighted by molar-refractivity contribution is -0.143. The molecule has 4 atom stereocenters. The number of nitrogens with one attached hydrogen (secondary N) is 5. The van der Waals surface area contributed by atoms with Crippen molar-refractivity contribution in [2.45, 2.75) is 122 Å². The number of hydrogen-bond donors (Lipinski definition) is 6. The molecule has 2 rings (SSSR count). The fourth-order valence-electron chi connectivity index (χ4n) is 6.19. The van der Waals surface area contributed by atoms with Crippen LogP contribution in [0.3, 0.4) is 0 Å². The largest absolute Gasteiger partial charge is 0.346 e. The fraction of sp³-hybridized carbons (Fsp3) is 0.788. The standard InChI is InChI=1S/C33H58N6O5S/c1-6-14-24(27(40)30(42)35-18-7-2)36-29(41)26-17-13-20-39(26)31(43)28(33(3,4)5)38-32(44)37-25(22-34-19-11-12-21-45)23-15-9-8-10-16-23/h7,23-26,28,34,45H,2,6,8-22H2,1,3-5H3,(H,35,42)(H,36,41)(H2,37,38,44). The molecule has 1 saturated carbocycles. The highest BCUT2D eigenvalue weighted by Crippen LogP contribution is 2.28. The van der Waals surface area contributed by atoms with Crippen molar-refractivity contribution in [2.75, 3.05) is 31.9 Å². The molecule has 5 N–H and O–H groups in total. The molecule has 0 aromatic heterocycles. The van der Waals surface area contributed by atoms with Crippen molar-refractivity contribution >= 4 is 42.2 Å². The van der Waals surface area contributed by atoms with E-state index in [-0.39, 0.29) is 18.5 Å². The third-order valence-corrected chi connectivity index (χ3v) is 9.05. The van der Waals surface area contributed by atoms with E-state index in [1.54, 1.807) is 0 Å². The number of urea groups is 1. The normalized spacial score (nSPS) is 19.2. The van der Waals surface area contributed by atoms with Crippen LogP contribution in [-0.4, -0.2) is 90.5 Å². The van der Waals surface area contributed by atoms with E-state index in [1.807, 2.05) is 27.7 Å². The molecular formula is C33H58N6O5S. The fourth-order valence-corrected chi connectivity index (χ4v) is 6.41. The molecule has 2 fully saturated rings. The topological polar surface area (TPSA) is 149 Å². The van der Waals surface area contributed by atoms with E-state index in [2.05, 4.69) is 45.8 Å². The van der Waals surface area contributed by atoms with Crippen molar-refractivity contribution in [1.82, 2.24) is 31.5 Å². The molecule has 256 valence electrons. The number of Topliss-reactive ketones (excluding diaryl/α,β-unsaturated/α-hetero) is 1. The number of unbranched alkanes of at least 4 members (excludes halogenated alkanes) is 1. The highest BCUT2D eigenvalue weighted by atomic mass is 32.1. The molecule has 1 aliphatic heterocycles. The second kappa shape index (κ2) is 19.8. The molecule has 0 radical (unpaired) electrons. The van der Waals surface area contributed by atoms with Crippen LogP contribution in [0.15, 0.2) is 12.7 Å². The Bertz CT molecular complexity index is 997. The van der Waals surface area contributed by atoms with Gasteiger partial charge in [0.1, 0.15) is 12.1 Å². The van der Waals surface area contributed by atoms with Gasteiger partial charge in [0.05, 0.1) is 6.04 Å². The van der Waals surface area contributed by atoms with Gasteiger partial charge in [-0.3, -0.25) is 19.2 Å². The molecule has 5 amide bonds. The third-order valence-electron chi connectivity index (χ3n) is 8.73. The Hall–Kier alpha value is -2.60. The predicted molar refractivity (Wildman–Crippen MR) is 181 cm³/mol. The van der Waals surface area contributed by atoms with Crippen LogP contribution in [-0.2, 0) is 19.2 Å². The van der Waals surface area contributed by atoms with Crippen molar-refractivity contribution in [3.8, 4) is 0 Å². The lowest BCUT2D eigenvalue weighted by atomic mass is 9.83. The Labute approximate surface area is 275 Å². The van der Waals surface area contributed by atoms with Crippen LogP contribution >= 0.6 is 12.6 Å². The van der Waals surface area contributed by atoms with E-state index < -0.39 is 47.2 Å². The summed E-state index contributed by atoms with van der Waals surface area (Å²) in [5.74, 6) is -1.09. The van der Waals surface area contributed by atoms with Crippen molar-refractivity contribution in [1.29, 1.82) is 0 Å². The maximum Gasteiger partial charge on any atom is 0.315 e. The average molecular weight is 651 g/mol. The monoisotopic (exact) mass is 650 g/mol. The minimum absolute atomic E-state index is 0.0564. The van der Waals surface area contributed by atoms with Crippen LogP contribution in [0.2, 0.25) is 0 Å². The predicted octanol–water partition coefficient (Wildman–Crippen LogP) is 3.10. The zero-order valence-corrected chi connectivity index (χ0v) is 28.8. The number of carbonyl (C=O) groups is 5. The number of ketones is 1. The van der Waals surface area contributed by atoms with Crippen molar-refractivity contribution in [2.24, 2.45) is 11.3 Å². The molecule has 4 unspecified atom stereocenters. The first-order valence-corrected chi connectivity index (χ1v) is 17.5. The zero-order valence-electron chi connectivity index (χ0n) is 27.9. The highest BCUT2D eigenvalue weighted by molar-refractivity contribution is 7.80. The zero-order chi connectivity index (χ0) is 33.4. The first-order valence-electron chi connectivity index (χ1n) is 16.9. The Kier molecular flexibility index (Phi) is 17.0. The summed E-state index contributed by atoms with van der Waals surface area (Å²) in [6.07, 6.45) is 11.1. The van der Waals surface area contributed by atoms with Crippen LogP contribution in [0.4, 0.5) is 4.79 Å². The van der Waals surface area contributed by atoms with E-state index in [1.165, 1.54) is 17.4 Å². The number of likely N-dealkylation sites (tertiary alicyclic amines) is 1. The number of thiol groups is 1. The summed E-state index contributed by atoms with van der Waals surface area (Å²) in [4.78, 5) is 67.5. The van der Waals surface area contributed by atoms with Gasteiger partial charge in [-0.2, -0.15) is 12.6 Å². The minimum Gasteiger partial charge on any atom is -0.346 e. The molecule has 12 heteroatoms. The first kappa shape index (κ1) is 38.6. The quantitative estimate of drug-likeness (QED) is 0.0582. The first-order chi connectivity index (χ1) is 21.4. The van der Waals surface area contributed by atoms with Gasteiger partial charge in [-0.25, -0.2) is 4.79 Å². The van der Waals surface area contributed by atoms with Crippen molar-refractivity contribution in [3.63, 3.8) is 0 Å². The number of carbonyl (C=O) groups excluding carboxylic acids is 5. The molecule has 1 saturated heterocycles. The average Bonchev–Trinajstić information content (AvgIpc) is 3.51. The van der Waals surface area contributed by atoms with Crippen molar-refractivity contribution < 1.29 is 24.0 Å². The maximum absolute atomic E-state index is 14.0. The SMILES string of the molecule is C=CCNC(=O)C(=O)C(CCC)NC(=O)C1CCCN1C(=O)C(NC(=O)NC(CNCCCCS)C1CCCCC1)C(C)(C)C. The van der Waals surface area contributed by atoms with Crippen LogP contribution in [0, 0.1) is 11.3 Å². The summed E-state index contributed by atoms with van der Waals surface area (Å²) >= 11 is 4.28. The van der Waals surface area contributed by atoms with Crippen LogP contribution in [0.5, 0.6) is 0 Å². The summed E-state index contributed by atoms with van der Waals surface area (Å²) in [6, 6.07) is -3.11. The lowest BCUT2D eigenvalue weighted by Crippen LogP contribution is -2.61. The molecular weight excluding hydrogens is 592 g/mol. The number of rotatable bonds is 18. The second-order valence-electron chi connectivity index (χ2n) is 13.5. The Morgan fingerprint density at radius 1 is 0.978 bits per heavy atom. The van der Waals surface area contributed by atoms with Crippen LogP contribution in [0.1, 0.15) is 98.3 Å². The summed E-state index contributed by atoms with van der Waals surface area (Å²) in [7, 11) is 0. The molecule has 1 heterocycles. The van der Waals surface area contributed by atoms with Gasteiger partial charge >= 0.3 is 6.03 Å². The van der Waals surface area contributed by atoms with E-state index in [9.17, 15) is 24.0 Å². The van der Waals surface area contributed by atoms with Gasteiger partial charge in [0.25, 0.3) is 5.91 Å². The molecule has 0 spiro atoms. The highest BCUT2D eigenvalue weighted by Gasteiger charge is 2.43. The molecule has 11 nitrogen and oxygen atoms in total. The second-order valence-corrected chi connectivity index (χ2v) is 13.9. The lowest BCUT2D eigenvalue weighted by Gasteiger charge is -2.37. The van der Waals surface area contributed by atoms with Crippen molar-refractivity contribution in [3.05, 3.63) is 12.7 Å². The van der Waals surface area contributed by atoms with Gasteiger partial charge in [-0.15, -0.1) is 6.58 Å². The Morgan fingerprint density at radius 2 is 1.69 bits per heavy atom. The molecule has 0 aromatic rings. The van der Waals surface area contributed by atoms with Gasteiger partial charge in [-0.1, -0.05) is 59.5 Å². The molecule has 45 heavy (non-hydrogen) atoms. The van der Waals surface area contributed by atoms with Gasteiger partial charge < -0.3 is 31.5 Å². The molecule has 2 aliphatic rings. The number of hydrogen-bond acceptors (Lipinski definition) is 7. The van der Waals surface area contributed by atoms with Gasteiger partial charge in [0, 0.05) is 25.7 Å². The van der Waals surface area contributed by atoms with Crippen LogP contribution < -0.4 is 26.6 Å². The molecule has 0 bridgehead atoms. The Balaban J connectivity index is 2.12. The number of amides is 5. The van der Waals surface area contributed by atoms with E-state index in [0.717, 1.165) is 50.8 Å². The van der Waals surface area contributed by atoms with E-state index in [0.29, 0.717) is 44.7 Å². The summed E-state index contributed by atoms with van der Waals surface area (Å²) in [6.45, 7) is 13.1. The molecule has 1 aliphatic carbocycles. The van der Waals surface area contributed by atoms with E-state index >= 15 is 0 Å². The van der Waals surface area contributed by atoms with Crippen LogP contribution in [0.25, 0.3) is 0 Å². The van der Waals surface area contributed by atoms with E-state index in [4.69, 9.17) is 0 Å². The smallest absolute Gasteiger partial charge is 0.315 e. The van der Waals surface area contributed by atoms with Gasteiger partial charge in [0.15, 0.2) is 0 Å². The maximum atomic E-state index is 14.0.